The van der Waals surface area contributed by atoms with Crippen LogP contribution >= 0.6 is 0 Å². The number of carbonyl (C=O) groups excluding carboxylic acids is 1. The van der Waals surface area contributed by atoms with Gasteiger partial charge in [0.25, 0.3) is 5.91 Å². The number of aromatic nitrogens is 2. The van der Waals surface area contributed by atoms with E-state index in [1.807, 2.05) is 0 Å². The molecule has 0 saturated carbocycles. The molecule has 112 valence electrons. The largest absolute Gasteiger partial charge is 0.503 e. The summed E-state index contributed by atoms with van der Waals surface area (Å²) in [6.07, 6.45) is 3.68. The van der Waals surface area contributed by atoms with E-state index in [-0.39, 0.29) is 11.6 Å². The molecule has 0 spiro atoms. The van der Waals surface area contributed by atoms with Crippen molar-refractivity contribution in [2.24, 2.45) is 0 Å². The van der Waals surface area contributed by atoms with Gasteiger partial charge in [-0.2, -0.15) is 0 Å². The van der Waals surface area contributed by atoms with E-state index in [1.165, 1.54) is 23.2 Å². The molecule has 5 nitrogen and oxygen atoms in total. The Kier molecular flexibility index (Phi) is 3.58. The van der Waals surface area contributed by atoms with Gasteiger partial charge in [-0.15, -0.1) is 0 Å². The quantitative estimate of drug-likeness (QED) is 0.940. The van der Waals surface area contributed by atoms with Crippen molar-refractivity contribution in [3.05, 3.63) is 65.2 Å². The summed E-state index contributed by atoms with van der Waals surface area (Å²) in [5.74, 6) is -0.960. The molecule has 1 amide bonds. The summed E-state index contributed by atoms with van der Waals surface area (Å²) < 4.78 is 12.9. The Hall–Kier alpha value is -2.76. The molecule has 22 heavy (non-hydrogen) atoms. The fourth-order valence-electron chi connectivity index (χ4n) is 2.31. The third kappa shape index (κ3) is 2.67. The highest BCUT2D eigenvalue weighted by Gasteiger charge is 2.28. The third-order valence-electron chi connectivity index (χ3n) is 3.54. The topological polar surface area (TPSA) is 66.3 Å². The Morgan fingerprint density at radius 1 is 1.23 bits per heavy atom. The van der Waals surface area contributed by atoms with E-state index in [4.69, 9.17) is 0 Å². The standard InChI is InChI=1S/C16H14FN3O2/c1-20-9-13(15(21)16(20)22)14-8-18-12(7-19-14)6-10-2-4-11(17)5-3-10/h2-5,7-8,21H,6,9H2,1H3. The first kappa shape index (κ1) is 14.2. The highest BCUT2D eigenvalue weighted by molar-refractivity contribution is 6.03. The van der Waals surface area contributed by atoms with Crippen LogP contribution in [0.5, 0.6) is 0 Å². The Morgan fingerprint density at radius 2 is 1.95 bits per heavy atom. The van der Waals surface area contributed by atoms with Gasteiger partial charge in [0.2, 0.25) is 0 Å². The predicted molar refractivity (Wildman–Crippen MR) is 78.4 cm³/mol. The molecule has 6 heteroatoms. The van der Waals surface area contributed by atoms with Gasteiger partial charge in [0, 0.05) is 25.2 Å². The SMILES string of the molecule is CN1CC(c2cnc(Cc3ccc(F)cc3)cn2)=C(O)C1=O. The van der Waals surface area contributed by atoms with Crippen LogP contribution in [0, 0.1) is 5.82 Å². The molecule has 0 aliphatic carbocycles. The zero-order valence-corrected chi connectivity index (χ0v) is 12.0. The molecule has 1 aromatic carbocycles. The van der Waals surface area contributed by atoms with Gasteiger partial charge in [-0.05, 0) is 17.7 Å². The number of aliphatic hydroxyl groups is 1. The minimum absolute atomic E-state index is 0.275. The van der Waals surface area contributed by atoms with Crippen molar-refractivity contribution in [3.8, 4) is 0 Å². The highest BCUT2D eigenvalue weighted by Crippen LogP contribution is 2.23. The lowest BCUT2D eigenvalue weighted by Gasteiger charge is -2.07. The van der Waals surface area contributed by atoms with Crippen molar-refractivity contribution in [2.45, 2.75) is 6.42 Å². The summed E-state index contributed by atoms with van der Waals surface area (Å²) in [5, 5.41) is 9.80. The molecule has 1 aliphatic rings. The van der Waals surface area contributed by atoms with E-state index < -0.39 is 5.91 Å². The van der Waals surface area contributed by atoms with Crippen molar-refractivity contribution in [3.63, 3.8) is 0 Å². The van der Waals surface area contributed by atoms with Crippen LogP contribution in [0.2, 0.25) is 0 Å². The molecular formula is C16H14FN3O2. The van der Waals surface area contributed by atoms with Crippen LogP contribution < -0.4 is 0 Å². The maximum atomic E-state index is 12.9. The molecule has 0 fully saturated rings. The van der Waals surface area contributed by atoms with Crippen molar-refractivity contribution in [1.29, 1.82) is 0 Å². The number of rotatable bonds is 3. The maximum Gasteiger partial charge on any atom is 0.289 e. The second-order valence-electron chi connectivity index (χ2n) is 5.18. The first-order valence-electron chi connectivity index (χ1n) is 6.78. The van der Waals surface area contributed by atoms with Gasteiger partial charge in [-0.25, -0.2) is 4.39 Å². The Balaban J connectivity index is 1.79. The fourth-order valence-corrected chi connectivity index (χ4v) is 2.31. The van der Waals surface area contributed by atoms with E-state index >= 15 is 0 Å². The van der Waals surface area contributed by atoms with Crippen molar-refractivity contribution in [1.82, 2.24) is 14.9 Å². The lowest BCUT2D eigenvalue weighted by molar-refractivity contribution is -0.126. The lowest BCUT2D eigenvalue weighted by atomic mass is 10.1. The predicted octanol–water partition coefficient (Wildman–Crippen LogP) is 1.95. The maximum absolute atomic E-state index is 12.9. The van der Waals surface area contributed by atoms with Gasteiger partial charge in [0.15, 0.2) is 5.76 Å². The van der Waals surface area contributed by atoms with Crippen molar-refractivity contribution >= 4 is 11.5 Å². The summed E-state index contributed by atoms with van der Waals surface area (Å²) in [5.41, 5.74) is 2.63. The third-order valence-corrected chi connectivity index (χ3v) is 3.54. The van der Waals surface area contributed by atoms with Crippen LogP contribution in [0.1, 0.15) is 17.0 Å². The van der Waals surface area contributed by atoms with Crippen molar-refractivity contribution < 1.29 is 14.3 Å². The summed E-state index contributed by atoms with van der Waals surface area (Å²) in [6, 6.07) is 6.20. The van der Waals surface area contributed by atoms with E-state index in [9.17, 15) is 14.3 Å². The summed E-state index contributed by atoms with van der Waals surface area (Å²) in [7, 11) is 1.61. The number of hydrogen-bond donors (Lipinski definition) is 1. The van der Waals surface area contributed by atoms with E-state index in [1.54, 1.807) is 25.4 Å². The number of carbonyl (C=O) groups is 1. The van der Waals surface area contributed by atoms with Gasteiger partial charge >= 0.3 is 0 Å². The van der Waals surface area contributed by atoms with E-state index in [2.05, 4.69) is 9.97 Å². The summed E-state index contributed by atoms with van der Waals surface area (Å²) >= 11 is 0. The van der Waals surface area contributed by atoms with Gasteiger partial charge in [-0.1, -0.05) is 12.1 Å². The zero-order valence-electron chi connectivity index (χ0n) is 12.0. The number of nitrogens with zero attached hydrogens (tertiary/aromatic N) is 3. The molecule has 1 aliphatic heterocycles. The molecule has 1 N–H and O–H groups in total. The van der Waals surface area contributed by atoms with Crippen LogP contribution in [0.4, 0.5) is 4.39 Å². The van der Waals surface area contributed by atoms with Crippen LogP contribution in [0.3, 0.4) is 0 Å². The zero-order chi connectivity index (χ0) is 15.7. The van der Waals surface area contributed by atoms with Crippen LogP contribution in [0.15, 0.2) is 42.4 Å². The smallest absolute Gasteiger partial charge is 0.289 e. The van der Waals surface area contributed by atoms with Crippen LogP contribution in [-0.2, 0) is 11.2 Å². The molecule has 0 saturated heterocycles. The molecule has 0 radical (unpaired) electrons. The minimum Gasteiger partial charge on any atom is -0.503 e. The number of likely N-dealkylation sites (N-methyl/N-ethyl adjacent to an activating group) is 1. The van der Waals surface area contributed by atoms with Gasteiger partial charge in [0.1, 0.15) is 5.82 Å². The average Bonchev–Trinajstić information content (AvgIpc) is 2.78. The van der Waals surface area contributed by atoms with Gasteiger partial charge < -0.3 is 10.0 Å². The number of aliphatic hydroxyl groups excluding tert-OH is 1. The highest BCUT2D eigenvalue weighted by atomic mass is 19.1. The second-order valence-corrected chi connectivity index (χ2v) is 5.18. The average molecular weight is 299 g/mol. The number of amides is 1. The molecule has 0 bridgehead atoms. The molecule has 0 atom stereocenters. The molecule has 3 rings (SSSR count). The van der Waals surface area contributed by atoms with Crippen LogP contribution in [0.25, 0.3) is 5.57 Å². The molecular weight excluding hydrogens is 285 g/mol. The van der Waals surface area contributed by atoms with Crippen molar-refractivity contribution in [2.75, 3.05) is 13.6 Å². The number of benzene rings is 1. The number of halogens is 1. The van der Waals surface area contributed by atoms with Gasteiger partial charge in [-0.3, -0.25) is 14.8 Å². The Bertz CT molecular complexity index is 739. The van der Waals surface area contributed by atoms with E-state index in [0.29, 0.717) is 24.2 Å². The first-order valence-corrected chi connectivity index (χ1v) is 6.78. The summed E-state index contributed by atoms with van der Waals surface area (Å²) in [4.78, 5) is 21.5. The van der Waals surface area contributed by atoms with Gasteiger partial charge in [0.05, 0.1) is 24.1 Å². The molecule has 2 aromatic rings. The Morgan fingerprint density at radius 3 is 2.50 bits per heavy atom. The summed E-state index contributed by atoms with van der Waals surface area (Å²) in [6.45, 7) is 0.316. The number of hydrogen-bond acceptors (Lipinski definition) is 4. The first-order chi connectivity index (χ1) is 10.5. The second kappa shape index (κ2) is 5.55. The molecule has 2 heterocycles. The van der Waals surface area contributed by atoms with E-state index in [0.717, 1.165) is 11.3 Å². The normalized spacial score (nSPS) is 14.8. The fraction of sp³-hybridized carbons (Fsp3) is 0.188. The lowest BCUT2D eigenvalue weighted by Crippen LogP contribution is -2.21. The monoisotopic (exact) mass is 299 g/mol. The minimum atomic E-state index is -0.410. The Labute approximate surface area is 126 Å². The molecule has 1 aromatic heterocycles. The van der Waals surface area contributed by atoms with Crippen LogP contribution in [-0.4, -0.2) is 39.5 Å². The molecule has 0 unspecified atom stereocenters.